The first-order chi connectivity index (χ1) is 17.4. The summed E-state index contributed by atoms with van der Waals surface area (Å²) in [5.74, 6) is -0.699. The molecule has 36 heavy (non-hydrogen) atoms. The number of benzene rings is 3. The minimum Gasteiger partial charge on any atom is -0.497 e. The lowest BCUT2D eigenvalue weighted by Gasteiger charge is -2.19. The fourth-order valence-corrected chi connectivity index (χ4v) is 3.81. The van der Waals surface area contributed by atoms with Gasteiger partial charge in [-0.1, -0.05) is 30.7 Å². The van der Waals surface area contributed by atoms with Crippen molar-refractivity contribution in [3.05, 3.63) is 88.6 Å². The van der Waals surface area contributed by atoms with Gasteiger partial charge in [-0.05, 0) is 60.5 Å². The van der Waals surface area contributed by atoms with E-state index in [0.717, 1.165) is 16.9 Å². The molecule has 1 aliphatic heterocycles. The van der Waals surface area contributed by atoms with Crippen LogP contribution >= 0.6 is 11.6 Å². The van der Waals surface area contributed by atoms with Crippen molar-refractivity contribution in [1.29, 1.82) is 0 Å². The Balaban J connectivity index is 1.50. The molecule has 3 aromatic rings. The van der Waals surface area contributed by atoms with E-state index in [1.165, 1.54) is 20.3 Å². The van der Waals surface area contributed by atoms with E-state index < -0.39 is 17.8 Å². The fraction of sp³-hybridized carbons (Fsp3) is 0.148. The predicted molar refractivity (Wildman–Crippen MR) is 136 cm³/mol. The largest absolute Gasteiger partial charge is 0.497 e. The summed E-state index contributed by atoms with van der Waals surface area (Å²) in [6.45, 7) is 2.04. The Morgan fingerprint density at radius 2 is 1.56 bits per heavy atom. The van der Waals surface area contributed by atoms with Crippen LogP contribution in [0.2, 0.25) is 0 Å². The highest BCUT2D eigenvalue weighted by molar-refractivity contribution is 6.53. The van der Waals surface area contributed by atoms with Crippen LogP contribution in [-0.4, -0.2) is 32.0 Å². The topological polar surface area (TPSA) is 94.2 Å². The number of amides is 2. The molecule has 8 nitrogen and oxygen atoms in total. The second kappa shape index (κ2) is 10.5. The van der Waals surface area contributed by atoms with Crippen LogP contribution in [-0.2, 0) is 16.0 Å². The number of anilines is 2. The summed E-state index contributed by atoms with van der Waals surface area (Å²) in [6.07, 6.45) is 0.891. The Morgan fingerprint density at radius 1 is 0.889 bits per heavy atom. The summed E-state index contributed by atoms with van der Waals surface area (Å²) in [6, 6.07) is 18.3. The molecular formula is C27H23ClN2O6. The summed E-state index contributed by atoms with van der Waals surface area (Å²) in [7, 11) is 2.90. The van der Waals surface area contributed by atoms with E-state index in [0.29, 0.717) is 28.5 Å². The van der Waals surface area contributed by atoms with Crippen LogP contribution in [0.3, 0.4) is 0 Å². The highest BCUT2D eigenvalue weighted by Gasteiger charge is 2.40. The van der Waals surface area contributed by atoms with E-state index in [1.807, 2.05) is 19.1 Å². The van der Waals surface area contributed by atoms with Crippen molar-refractivity contribution < 1.29 is 28.6 Å². The molecule has 0 atom stereocenters. The zero-order valence-corrected chi connectivity index (χ0v) is 20.6. The predicted octanol–water partition coefficient (Wildman–Crippen LogP) is 4.92. The molecule has 0 saturated carbocycles. The quantitative estimate of drug-likeness (QED) is 0.263. The molecule has 1 N–H and O–H groups in total. The number of nitrogens with one attached hydrogen (secondary N) is 1. The summed E-state index contributed by atoms with van der Waals surface area (Å²) < 4.78 is 15.9. The summed E-state index contributed by atoms with van der Waals surface area (Å²) in [4.78, 5) is 39.4. The summed E-state index contributed by atoms with van der Waals surface area (Å²) in [5.41, 5.74) is 2.01. The number of halogens is 1. The average molecular weight is 507 g/mol. The van der Waals surface area contributed by atoms with Gasteiger partial charge < -0.3 is 19.5 Å². The minimum absolute atomic E-state index is 0.0992. The van der Waals surface area contributed by atoms with E-state index in [9.17, 15) is 14.4 Å². The second-order valence-electron chi connectivity index (χ2n) is 7.76. The number of nitrogens with zero attached hydrogens (tertiary/aromatic N) is 1. The smallest absolute Gasteiger partial charge is 0.343 e. The van der Waals surface area contributed by atoms with E-state index in [-0.39, 0.29) is 16.4 Å². The van der Waals surface area contributed by atoms with Gasteiger partial charge in [0.15, 0.2) is 0 Å². The van der Waals surface area contributed by atoms with Crippen molar-refractivity contribution in [2.45, 2.75) is 13.3 Å². The van der Waals surface area contributed by atoms with Crippen LogP contribution in [0.1, 0.15) is 22.8 Å². The van der Waals surface area contributed by atoms with Crippen LogP contribution in [0, 0.1) is 0 Å². The molecule has 184 valence electrons. The average Bonchev–Trinajstić information content (AvgIpc) is 3.11. The van der Waals surface area contributed by atoms with Crippen LogP contribution in [0.4, 0.5) is 11.4 Å². The molecular weight excluding hydrogens is 484 g/mol. The van der Waals surface area contributed by atoms with Gasteiger partial charge in [0.2, 0.25) is 0 Å². The number of ether oxygens (including phenoxy) is 3. The molecule has 2 amide bonds. The van der Waals surface area contributed by atoms with Gasteiger partial charge in [-0.25, -0.2) is 9.69 Å². The van der Waals surface area contributed by atoms with Crippen molar-refractivity contribution in [1.82, 2.24) is 0 Å². The van der Waals surface area contributed by atoms with Gasteiger partial charge in [0.25, 0.3) is 11.8 Å². The zero-order chi connectivity index (χ0) is 25.8. The first-order valence-corrected chi connectivity index (χ1v) is 11.4. The van der Waals surface area contributed by atoms with Crippen LogP contribution in [0.15, 0.2) is 77.5 Å². The molecule has 0 saturated heterocycles. The third-order valence-electron chi connectivity index (χ3n) is 5.59. The first-order valence-electron chi connectivity index (χ1n) is 11.0. The van der Waals surface area contributed by atoms with Gasteiger partial charge >= 0.3 is 5.97 Å². The molecule has 0 unspecified atom stereocenters. The summed E-state index contributed by atoms with van der Waals surface area (Å²) >= 11 is 6.24. The fourth-order valence-electron chi connectivity index (χ4n) is 3.59. The molecule has 0 spiro atoms. The number of carbonyl (C=O) groups excluding carboxylic acids is 3. The second-order valence-corrected chi connectivity index (χ2v) is 8.14. The molecule has 0 bridgehead atoms. The molecule has 0 aromatic heterocycles. The van der Waals surface area contributed by atoms with Crippen molar-refractivity contribution in [3.63, 3.8) is 0 Å². The number of aryl methyl sites for hydroxylation is 1. The third-order valence-corrected chi connectivity index (χ3v) is 5.94. The molecule has 9 heteroatoms. The Kier molecular flexibility index (Phi) is 7.26. The van der Waals surface area contributed by atoms with Gasteiger partial charge in [-0.2, -0.15) is 0 Å². The summed E-state index contributed by atoms with van der Waals surface area (Å²) in [5, 5.41) is 2.60. The first kappa shape index (κ1) is 24.8. The lowest BCUT2D eigenvalue weighted by molar-refractivity contribution is -0.120. The molecule has 0 aliphatic carbocycles. The molecule has 3 aromatic carbocycles. The van der Waals surface area contributed by atoms with Crippen molar-refractivity contribution in [2.24, 2.45) is 0 Å². The number of imide groups is 1. The van der Waals surface area contributed by atoms with Gasteiger partial charge in [0.05, 0.1) is 25.5 Å². The number of rotatable bonds is 8. The standard InChI is InChI=1S/C27H23ClN2O6/c1-4-16-5-11-19(12-6-16)36-27(33)17-7-9-18(10-8-17)29-24-23(28)25(31)30(26(24)32)21-15-20(34-2)13-14-22(21)35-3/h5-15,29H,4H2,1-3H3. The highest BCUT2D eigenvalue weighted by atomic mass is 35.5. The molecule has 0 radical (unpaired) electrons. The normalized spacial score (nSPS) is 13.2. The van der Waals surface area contributed by atoms with Gasteiger partial charge in [0, 0.05) is 11.8 Å². The van der Waals surface area contributed by atoms with E-state index in [2.05, 4.69) is 5.32 Å². The third kappa shape index (κ3) is 4.89. The highest BCUT2D eigenvalue weighted by Crippen LogP contribution is 2.38. The minimum atomic E-state index is -0.704. The van der Waals surface area contributed by atoms with E-state index in [1.54, 1.807) is 48.5 Å². The number of hydrogen-bond donors (Lipinski definition) is 1. The maximum absolute atomic E-state index is 13.2. The Labute approximate surface area is 213 Å². The maximum Gasteiger partial charge on any atom is 0.343 e. The molecule has 0 fully saturated rings. The Morgan fingerprint density at radius 3 is 2.17 bits per heavy atom. The lowest BCUT2D eigenvalue weighted by atomic mass is 10.1. The molecule has 4 rings (SSSR count). The van der Waals surface area contributed by atoms with Crippen molar-refractivity contribution in [2.75, 3.05) is 24.4 Å². The van der Waals surface area contributed by atoms with Crippen LogP contribution in [0.25, 0.3) is 0 Å². The van der Waals surface area contributed by atoms with Gasteiger partial charge in [0.1, 0.15) is 28.0 Å². The number of carbonyl (C=O) groups is 3. The van der Waals surface area contributed by atoms with Crippen LogP contribution < -0.4 is 24.4 Å². The lowest BCUT2D eigenvalue weighted by Crippen LogP contribution is -2.32. The van der Waals surface area contributed by atoms with Crippen LogP contribution in [0.5, 0.6) is 17.2 Å². The number of methoxy groups -OCH3 is 2. The number of hydrogen-bond acceptors (Lipinski definition) is 7. The van der Waals surface area contributed by atoms with E-state index in [4.69, 9.17) is 25.8 Å². The van der Waals surface area contributed by atoms with Crippen molar-refractivity contribution in [3.8, 4) is 17.2 Å². The monoisotopic (exact) mass is 506 g/mol. The molecule has 1 aliphatic rings. The Bertz CT molecular complexity index is 1350. The van der Waals surface area contributed by atoms with E-state index >= 15 is 0 Å². The van der Waals surface area contributed by atoms with Gasteiger partial charge in [-0.3, -0.25) is 9.59 Å². The Hall–Kier alpha value is -4.30. The number of esters is 1. The SMILES string of the molecule is CCc1ccc(OC(=O)c2ccc(NC3=C(Cl)C(=O)N(c4cc(OC)ccc4OC)C3=O)cc2)cc1. The maximum atomic E-state index is 13.2. The van der Waals surface area contributed by atoms with Gasteiger partial charge in [-0.15, -0.1) is 0 Å². The zero-order valence-electron chi connectivity index (χ0n) is 19.8. The van der Waals surface area contributed by atoms with Crippen molar-refractivity contribution >= 4 is 40.8 Å². The molecule has 1 heterocycles.